The second-order valence-electron chi connectivity index (χ2n) is 7.37. The van der Waals surface area contributed by atoms with Crippen LogP contribution in [0.1, 0.15) is 42.8 Å². The van der Waals surface area contributed by atoms with Gasteiger partial charge in [-0.05, 0) is 22.1 Å². The Hall–Kier alpha value is -1.89. The molecule has 0 bridgehead atoms. The molecule has 1 N–H and O–H groups in total. The number of rotatable bonds is 6. The predicted molar refractivity (Wildman–Crippen MR) is 118 cm³/mol. The Balaban J connectivity index is 1.55. The van der Waals surface area contributed by atoms with Crippen molar-refractivity contribution in [3.8, 4) is 0 Å². The molecular formula is C21H22ClN3OS2. The second-order valence-corrected chi connectivity index (χ2v) is 10.0. The van der Waals surface area contributed by atoms with Crippen LogP contribution in [0.5, 0.6) is 0 Å². The number of anilines is 1. The Morgan fingerprint density at radius 2 is 1.79 bits per heavy atom. The first kappa shape index (κ1) is 20.8. The van der Waals surface area contributed by atoms with Crippen LogP contribution in [0.4, 0.5) is 5.13 Å². The van der Waals surface area contributed by atoms with E-state index >= 15 is 0 Å². The molecule has 1 unspecified atom stereocenters. The maximum absolute atomic E-state index is 12.3. The Morgan fingerprint density at radius 3 is 2.43 bits per heavy atom. The molecule has 1 aromatic heterocycles. The number of halogens is 1. The van der Waals surface area contributed by atoms with Gasteiger partial charge in [-0.2, -0.15) is 0 Å². The molecule has 28 heavy (non-hydrogen) atoms. The number of carbonyl (C=O) groups is 1. The lowest BCUT2D eigenvalue weighted by atomic mass is 9.87. The smallest absolute Gasteiger partial charge is 0.248 e. The molecule has 0 saturated heterocycles. The van der Waals surface area contributed by atoms with Gasteiger partial charge in [0.1, 0.15) is 5.38 Å². The van der Waals surface area contributed by atoms with E-state index < -0.39 is 5.38 Å². The van der Waals surface area contributed by atoms with E-state index in [1.54, 1.807) is 11.8 Å². The Morgan fingerprint density at radius 1 is 1.11 bits per heavy atom. The molecule has 7 heteroatoms. The minimum atomic E-state index is -0.762. The summed E-state index contributed by atoms with van der Waals surface area (Å²) in [7, 11) is 0. The average Bonchev–Trinajstić information content (AvgIpc) is 3.13. The van der Waals surface area contributed by atoms with Crippen molar-refractivity contribution in [2.45, 2.75) is 41.7 Å². The van der Waals surface area contributed by atoms with Crippen LogP contribution in [0.2, 0.25) is 0 Å². The first-order valence-corrected chi connectivity index (χ1v) is 11.1. The monoisotopic (exact) mass is 431 g/mol. The zero-order chi connectivity index (χ0) is 20.1. The summed E-state index contributed by atoms with van der Waals surface area (Å²) in [5.41, 5.74) is 3.44. The summed E-state index contributed by atoms with van der Waals surface area (Å²) in [6.07, 6.45) is 0. The second kappa shape index (κ2) is 9.07. The topological polar surface area (TPSA) is 54.9 Å². The lowest BCUT2D eigenvalue weighted by molar-refractivity contribution is -0.116. The first-order chi connectivity index (χ1) is 13.3. The van der Waals surface area contributed by atoms with E-state index in [0.29, 0.717) is 5.13 Å². The van der Waals surface area contributed by atoms with Gasteiger partial charge in [-0.15, -0.1) is 21.8 Å². The fourth-order valence-corrected chi connectivity index (χ4v) is 4.42. The van der Waals surface area contributed by atoms with E-state index in [0.717, 1.165) is 15.7 Å². The standard InChI is InChI=1S/C21H22ClN3OS2/c1-21(2,3)16-11-9-14(10-12-16)13-27-20-25-24-19(28-20)23-18(26)17(22)15-7-5-4-6-8-15/h4-12,17H,13H2,1-3H3,(H,23,24,26). The number of nitrogens with zero attached hydrogens (tertiary/aromatic N) is 2. The molecule has 0 saturated carbocycles. The maximum Gasteiger partial charge on any atom is 0.248 e. The van der Waals surface area contributed by atoms with Gasteiger partial charge in [-0.1, -0.05) is 98.5 Å². The molecule has 0 fully saturated rings. The number of hydrogen-bond acceptors (Lipinski definition) is 5. The Kier molecular flexibility index (Phi) is 6.75. The summed E-state index contributed by atoms with van der Waals surface area (Å²) >= 11 is 9.19. The summed E-state index contributed by atoms with van der Waals surface area (Å²) in [6, 6.07) is 17.9. The van der Waals surface area contributed by atoms with E-state index in [4.69, 9.17) is 11.6 Å². The fraction of sp³-hybridized carbons (Fsp3) is 0.286. The lowest BCUT2D eigenvalue weighted by Gasteiger charge is -2.19. The lowest BCUT2D eigenvalue weighted by Crippen LogP contribution is -2.17. The quantitative estimate of drug-likeness (QED) is 0.293. The van der Waals surface area contributed by atoms with Gasteiger partial charge in [-0.3, -0.25) is 10.1 Å². The van der Waals surface area contributed by atoms with Crippen LogP contribution in [0.15, 0.2) is 58.9 Å². The highest BCUT2D eigenvalue weighted by Crippen LogP contribution is 2.30. The van der Waals surface area contributed by atoms with Gasteiger partial charge >= 0.3 is 0 Å². The van der Waals surface area contributed by atoms with Crippen LogP contribution in [0.25, 0.3) is 0 Å². The molecule has 0 aliphatic rings. The number of amides is 1. The fourth-order valence-electron chi connectivity index (χ4n) is 2.51. The summed E-state index contributed by atoms with van der Waals surface area (Å²) in [6.45, 7) is 6.62. The maximum atomic E-state index is 12.3. The predicted octanol–water partition coefficient (Wildman–Crippen LogP) is 6.05. The van der Waals surface area contributed by atoms with Crippen molar-refractivity contribution in [3.63, 3.8) is 0 Å². The molecule has 4 nitrogen and oxygen atoms in total. The van der Waals surface area contributed by atoms with Gasteiger partial charge < -0.3 is 0 Å². The molecule has 0 spiro atoms. The van der Waals surface area contributed by atoms with Gasteiger partial charge in [0, 0.05) is 5.75 Å². The minimum absolute atomic E-state index is 0.151. The summed E-state index contributed by atoms with van der Waals surface area (Å²) in [5.74, 6) is 0.494. The van der Waals surface area contributed by atoms with Crippen molar-refractivity contribution >= 4 is 45.7 Å². The molecule has 146 valence electrons. The number of carbonyl (C=O) groups excluding carboxylic acids is 1. The van der Waals surface area contributed by atoms with Crippen molar-refractivity contribution in [2.24, 2.45) is 0 Å². The highest BCUT2D eigenvalue weighted by molar-refractivity contribution is 8.00. The van der Waals surface area contributed by atoms with Crippen LogP contribution in [0.3, 0.4) is 0 Å². The highest BCUT2D eigenvalue weighted by Gasteiger charge is 2.19. The molecule has 2 aromatic carbocycles. The van der Waals surface area contributed by atoms with Gasteiger partial charge in [0.2, 0.25) is 11.0 Å². The van der Waals surface area contributed by atoms with Crippen LogP contribution >= 0.6 is 34.7 Å². The Bertz CT molecular complexity index is 921. The molecule has 0 aliphatic carbocycles. The van der Waals surface area contributed by atoms with E-state index in [1.165, 1.54) is 22.5 Å². The normalized spacial score (nSPS) is 12.6. The number of benzene rings is 2. The van der Waals surface area contributed by atoms with Crippen molar-refractivity contribution in [1.82, 2.24) is 10.2 Å². The van der Waals surface area contributed by atoms with Crippen LogP contribution in [-0.4, -0.2) is 16.1 Å². The van der Waals surface area contributed by atoms with Crippen LogP contribution < -0.4 is 5.32 Å². The summed E-state index contributed by atoms with van der Waals surface area (Å²) in [4.78, 5) is 12.3. The third-order valence-electron chi connectivity index (χ3n) is 4.14. The molecule has 1 atom stereocenters. The van der Waals surface area contributed by atoms with Crippen molar-refractivity contribution < 1.29 is 4.79 Å². The van der Waals surface area contributed by atoms with Crippen molar-refractivity contribution in [2.75, 3.05) is 5.32 Å². The Labute approximate surface area is 178 Å². The highest BCUT2D eigenvalue weighted by atomic mass is 35.5. The number of aromatic nitrogens is 2. The zero-order valence-electron chi connectivity index (χ0n) is 16.0. The van der Waals surface area contributed by atoms with Crippen molar-refractivity contribution in [1.29, 1.82) is 0 Å². The largest absolute Gasteiger partial charge is 0.299 e. The van der Waals surface area contributed by atoms with E-state index in [9.17, 15) is 4.79 Å². The SMILES string of the molecule is CC(C)(C)c1ccc(CSc2nnc(NC(=O)C(Cl)c3ccccc3)s2)cc1. The van der Waals surface area contributed by atoms with E-state index in [-0.39, 0.29) is 11.3 Å². The van der Waals surface area contributed by atoms with E-state index in [2.05, 4.69) is 60.6 Å². The third kappa shape index (κ3) is 5.56. The summed E-state index contributed by atoms with van der Waals surface area (Å²) in [5, 5.41) is 10.6. The third-order valence-corrected chi connectivity index (χ3v) is 6.63. The minimum Gasteiger partial charge on any atom is -0.299 e. The average molecular weight is 432 g/mol. The zero-order valence-corrected chi connectivity index (χ0v) is 18.4. The molecule has 3 rings (SSSR count). The number of alkyl halides is 1. The van der Waals surface area contributed by atoms with Crippen LogP contribution in [-0.2, 0) is 16.0 Å². The van der Waals surface area contributed by atoms with Crippen LogP contribution in [0, 0.1) is 0 Å². The van der Waals surface area contributed by atoms with E-state index in [1.807, 2.05) is 30.3 Å². The molecule has 3 aromatic rings. The molecule has 0 aliphatic heterocycles. The van der Waals surface area contributed by atoms with Crippen molar-refractivity contribution in [3.05, 3.63) is 71.3 Å². The summed E-state index contributed by atoms with van der Waals surface area (Å²) < 4.78 is 0.807. The van der Waals surface area contributed by atoms with Gasteiger partial charge in [0.05, 0.1) is 0 Å². The van der Waals surface area contributed by atoms with Gasteiger partial charge in [0.15, 0.2) is 4.34 Å². The van der Waals surface area contributed by atoms with Gasteiger partial charge in [-0.25, -0.2) is 0 Å². The molecule has 1 heterocycles. The molecule has 1 amide bonds. The first-order valence-electron chi connectivity index (χ1n) is 8.88. The number of hydrogen-bond donors (Lipinski definition) is 1. The number of thioether (sulfide) groups is 1. The molecule has 0 radical (unpaired) electrons. The van der Waals surface area contributed by atoms with Gasteiger partial charge in [0.25, 0.3) is 0 Å². The number of nitrogens with one attached hydrogen (secondary N) is 1. The molecular weight excluding hydrogens is 410 g/mol.